The predicted octanol–water partition coefficient (Wildman–Crippen LogP) is 5.28. The molecule has 4 aromatic rings. The van der Waals surface area contributed by atoms with Gasteiger partial charge in [0.05, 0.1) is 22.8 Å². The van der Waals surface area contributed by atoms with Gasteiger partial charge in [0.15, 0.2) is 0 Å². The van der Waals surface area contributed by atoms with Gasteiger partial charge in [0.25, 0.3) is 0 Å². The number of hydrogen-bond acceptors (Lipinski definition) is 4. The zero-order chi connectivity index (χ0) is 21.1. The van der Waals surface area contributed by atoms with Gasteiger partial charge in [0.1, 0.15) is 5.82 Å². The minimum absolute atomic E-state index is 0.185. The summed E-state index contributed by atoms with van der Waals surface area (Å²) in [4.78, 5) is 25.2. The molecule has 4 rings (SSSR count). The fourth-order valence-corrected chi connectivity index (χ4v) is 3.19. The quantitative estimate of drug-likeness (QED) is 0.508. The molecule has 1 amide bonds. The zero-order valence-electron chi connectivity index (χ0n) is 16.6. The molecule has 6 heteroatoms. The predicted molar refractivity (Wildman–Crippen MR) is 115 cm³/mol. The van der Waals surface area contributed by atoms with Crippen molar-refractivity contribution in [2.24, 2.45) is 0 Å². The molecule has 3 heterocycles. The van der Waals surface area contributed by atoms with Gasteiger partial charge in [0.2, 0.25) is 5.91 Å². The Morgan fingerprint density at radius 3 is 2.40 bits per heavy atom. The molecule has 0 fully saturated rings. The lowest BCUT2D eigenvalue weighted by atomic mass is 10.1. The smallest absolute Gasteiger partial charge is 0.221 e. The first kappa shape index (κ1) is 19.4. The highest BCUT2D eigenvalue weighted by Crippen LogP contribution is 2.30. The third-order valence-corrected chi connectivity index (χ3v) is 4.56. The summed E-state index contributed by atoms with van der Waals surface area (Å²) >= 11 is 0. The second-order valence-corrected chi connectivity index (χ2v) is 6.90. The Morgan fingerprint density at radius 2 is 1.70 bits per heavy atom. The summed E-state index contributed by atoms with van der Waals surface area (Å²) in [6.45, 7) is 3.38. The van der Waals surface area contributed by atoms with Gasteiger partial charge in [-0.15, -0.1) is 0 Å². The zero-order valence-corrected chi connectivity index (χ0v) is 16.6. The van der Waals surface area contributed by atoms with E-state index in [1.807, 2.05) is 43.3 Å². The number of hydrogen-bond donors (Lipinski definition) is 1. The average Bonchev–Trinajstić information content (AvgIpc) is 2.74. The monoisotopic (exact) mass is 398 g/mol. The molecule has 1 aromatic carbocycles. The van der Waals surface area contributed by atoms with Crippen molar-refractivity contribution in [1.82, 2.24) is 15.0 Å². The van der Waals surface area contributed by atoms with E-state index in [9.17, 15) is 9.18 Å². The number of halogens is 1. The Labute approximate surface area is 173 Å². The molecular formula is C24H19FN4O. The first-order valence-electron chi connectivity index (χ1n) is 9.43. The summed E-state index contributed by atoms with van der Waals surface area (Å²) in [5, 5.41) is 2.82. The van der Waals surface area contributed by atoms with Crippen molar-refractivity contribution in [2.45, 2.75) is 13.8 Å². The van der Waals surface area contributed by atoms with E-state index in [0.29, 0.717) is 22.6 Å². The SMILES string of the molecule is CC(=O)Nc1ccc(-c2ccnc(C)c2)nc1-c1ccc(-c2cccc(F)c2)nc1. The molecule has 148 valence electrons. The summed E-state index contributed by atoms with van der Waals surface area (Å²) in [6, 6.07) is 17.5. The summed E-state index contributed by atoms with van der Waals surface area (Å²) in [5.74, 6) is -0.497. The lowest BCUT2D eigenvalue weighted by Crippen LogP contribution is -2.08. The number of nitrogens with one attached hydrogen (secondary N) is 1. The van der Waals surface area contributed by atoms with Crippen LogP contribution in [0.5, 0.6) is 0 Å². The van der Waals surface area contributed by atoms with Crippen LogP contribution in [0, 0.1) is 12.7 Å². The lowest BCUT2D eigenvalue weighted by molar-refractivity contribution is -0.114. The van der Waals surface area contributed by atoms with E-state index >= 15 is 0 Å². The lowest BCUT2D eigenvalue weighted by Gasteiger charge is -2.12. The van der Waals surface area contributed by atoms with Gasteiger partial charge in [-0.2, -0.15) is 0 Å². The largest absolute Gasteiger partial charge is 0.324 e. The van der Waals surface area contributed by atoms with Crippen molar-refractivity contribution in [3.05, 3.63) is 84.6 Å². The van der Waals surface area contributed by atoms with Crippen LogP contribution in [0.1, 0.15) is 12.6 Å². The Balaban J connectivity index is 1.77. The number of aryl methyl sites for hydroxylation is 1. The van der Waals surface area contributed by atoms with Crippen molar-refractivity contribution in [3.8, 4) is 33.8 Å². The van der Waals surface area contributed by atoms with E-state index in [1.54, 1.807) is 24.5 Å². The topological polar surface area (TPSA) is 67.8 Å². The fraction of sp³-hybridized carbons (Fsp3) is 0.0833. The van der Waals surface area contributed by atoms with E-state index in [1.165, 1.54) is 19.1 Å². The van der Waals surface area contributed by atoms with Crippen LogP contribution in [0.25, 0.3) is 33.8 Å². The van der Waals surface area contributed by atoms with Gasteiger partial charge >= 0.3 is 0 Å². The molecule has 5 nitrogen and oxygen atoms in total. The Kier molecular flexibility index (Phi) is 5.30. The van der Waals surface area contributed by atoms with Gasteiger partial charge < -0.3 is 5.32 Å². The van der Waals surface area contributed by atoms with Crippen molar-refractivity contribution in [1.29, 1.82) is 0 Å². The maximum Gasteiger partial charge on any atom is 0.221 e. The number of carbonyl (C=O) groups is 1. The number of aromatic nitrogens is 3. The molecule has 0 radical (unpaired) electrons. The van der Waals surface area contributed by atoms with Crippen LogP contribution in [0.2, 0.25) is 0 Å². The summed E-state index contributed by atoms with van der Waals surface area (Å²) in [6.07, 6.45) is 3.42. The number of benzene rings is 1. The molecule has 0 aliphatic heterocycles. The normalized spacial score (nSPS) is 10.6. The molecule has 3 aromatic heterocycles. The average molecular weight is 398 g/mol. The molecule has 0 atom stereocenters. The highest BCUT2D eigenvalue weighted by atomic mass is 19.1. The van der Waals surface area contributed by atoms with E-state index in [0.717, 1.165) is 22.5 Å². The highest BCUT2D eigenvalue weighted by molar-refractivity contribution is 5.93. The summed E-state index contributed by atoms with van der Waals surface area (Å²) < 4.78 is 13.5. The van der Waals surface area contributed by atoms with Crippen molar-refractivity contribution >= 4 is 11.6 Å². The van der Waals surface area contributed by atoms with Crippen LogP contribution >= 0.6 is 0 Å². The minimum Gasteiger partial charge on any atom is -0.324 e. The molecule has 0 unspecified atom stereocenters. The first-order chi connectivity index (χ1) is 14.5. The highest BCUT2D eigenvalue weighted by Gasteiger charge is 2.12. The van der Waals surface area contributed by atoms with Crippen molar-refractivity contribution in [3.63, 3.8) is 0 Å². The molecule has 0 spiro atoms. The number of pyridine rings is 3. The maximum absolute atomic E-state index is 13.5. The number of nitrogens with zero attached hydrogens (tertiary/aromatic N) is 3. The molecule has 0 saturated heterocycles. The number of rotatable bonds is 4. The Bertz CT molecular complexity index is 1220. The van der Waals surface area contributed by atoms with Crippen molar-refractivity contribution < 1.29 is 9.18 Å². The minimum atomic E-state index is -0.312. The number of carbonyl (C=O) groups excluding carboxylic acids is 1. The molecular weight excluding hydrogens is 379 g/mol. The summed E-state index contributed by atoms with van der Waals surface area (Å²) in [5.41, 5.74) is 5.88. The van der Waals surface area contributed by atoms with Crippen LogP contribution in [-0.2, 0) is 4.79 Å². The molecule has 0 saturated carbocycles. The molecule has 30 heavy (non-hydrogen) atoms. The molecule has 0 aliphatic rings. The van der Waals surface area contributed by atoms with E-state index in [-0.39, 0.29) is 11.7 Å². The Morgan fingerprint density at radius 1 is 0.900 bits per heavy atom. The fourth-order valence-electron chi connectivity index (χ4n) is 3.19. The van der Waals surface area contributed by atoms with Gasteiger partial charge in [-0.05, 0) is 55.5 Å². The third-order valence-electron chi connectivity index (χ3n) is 4.56. The summed E-state index contributed by atoms with van der Waals surface area (Å²) in [7, 11) is 0. The van der Waals surface area contributed by atoms with Crippen LogP contribution in [0.3, 0.4) is 0 Å². The Hall–Kier alpha value is -3.93. The van der Waals surface area contributed by atoms with Gasteiger partial charge in [0, 0.05) is 41.7 Å². The van der Waals surface area contributed by atoms with E-state index in [2.05, 4.69) is 15.3 Å². The van der Waals surface area contributed by atoms with Gasteiger partial charge in [-0.3, -0.25) is 14.8 Å². The van der Waals surface area contributed by atoms with Crippen LogP contribution in [0.4, 0.5) is 10.1 Å². The standard InChI is InChI=1S/C24H19FN4O/c1-15-12-18(10-11-26-15)22-8-9-23(28-16(2)30)24(29-22)19-6-7-21(27-14-19)17-4-3-5-20(25)13-17/h3-14H,1-2H3,(H,28,30). The third kappa shape index (κ3) is 4.22. The van der Waals surface area contributed by atoms with Crippen LogP contribution < -0.4 is 5.32 Å². The van der Waals surface area contributed by atoms with Gasteiger partial charge in [-0.25, -0.2) is 9.37 Å². The second kappa shape index (κ2) is 8.21. The van der Waals surface area contributed by atoms with Gasteiger partial charge in [-0.1, -0.05) is 12.1 Å². The first-order valence-corrected chi connectivity index (χ1v) is 9.43. The van der Waals surface area contributed by atoms with Crippen molar-refractivity contribution in [2.75, 3.05) is 5.32 Å². The molecule has 0 bridgehead atoms. The number of anilines is 1. The number of amides is 1. The van der Waals surface area contributed by atoms with E-state index < -0.39 is 0 Å². The maximum atomic E-state index is 13.5. The molecule has 0 aliphatic carbocycles. The molecule has 1 N–H and O–H groups in total. The van der Waals surface area contributed by atoms with Crippen LogP contribution in [-0.4, -0.2) is 20.9 Å². The second-order valence-electron chi connectivity index (χ2n) is 6.90. The van der Waals surface area contributed by atoms with Crippen LogP contribution in [0.15, 0.2) is 73.1 Å². The van der Waals surface area contributed by atoms with E-state index in [4.69, 9.17) is 4.98 Å².